The predicted octanol–water partition coefficient (Wildman–Crippen LogP) is 5.18. The van der Waals surface area contributed by atoms with E-state index >= 15 is 0 Å². The summed E-state index contributed by atoms with van der Waals surface area (Å²) in [5.41, 5.74) is 6.44. The van der Waals surface area contributed by atoms with Gasteiger partial charge in [-0.1, -0.05) is 79.1 Å². The molecule has 0 bridgehead atoms. The van der Waals surface area contributed by atoms with E-state index in [0.717, 1.165) is 0 Å². The van der Waals surface area contributed by atoms with Crippen molar-refractivity contribution >= 4 is 14.3 Å². The molecule has 144 valence electrons. The average molecular weight is 360 g/mol. The zero-order valence-electron chi connectivity index (χ0n) is 16.6. The molecule has 5 heteroatoms. The Labute approximate surface area is 150 Å². The maximum absolute atomic E-state index is 11.1. The smallest absolute Gasteiger partial charge is 0.320 e. The maximum atomic E-state index is 11.1. The van der Waals surface area contributed by atoms with Crippen molar-refractivity contribution in [1.82, 2.24) is 0 Å². The molecule has 0 rings (SSSR count). The highest BCUT2D eigenvalue weighted by Crippen LogP contribution is 2.37. The molecule has 0 aliphatic rings. The molecular formula is C19H41NO3Si. The minimum absolute atomic E-state index is 0.144. The molecule has 0 aromatic heterocycles. The molecule has 24 heavy (non-hydrogen) atoms. The van der Waals surface area contributed by atoms with Gasteiger partial charge in [-0.05, 0) is 18.1 Å². The highest BCUT2D eigenvalue weighted by atomic mass is 28.4. The Morgan fingerprint density at radius 3 is 2.00 bits per heavy atom. The molecule has 0 radical (unpaired) electrons. The Kier molecular flexibility index (Phi) is 12.7. The number of aliphatic carboxylic acids is 1. The van der Waals surface area contributed by atoms with Crippen molar-refractivity contribution < 1.29 is 14.3 Å². The van der Waals surface area contributed by atoms with E-state index in [1.807, 2.05) is 6.92 Å². The summed E-state index contributed by atoms with van der Waals surface area (Å²) in [6.45, 7) is 11.5. The highest BCUT2D eigenvalue weighted by Gasteiger charge is 2.38. The van der Waals surface area contributed by atoms with E-state index in [1.54, 1.807) is 0 Å². The Balaban J connectivity index is 4.99. The van der Waals surface area contributed by atoms with Crippen LogP contribution in [0.2, 0.25) is 18.1 Å². The number of carboxylic acid groups (broad SMARTS) is 1. The van der Waals surface area contributed by atoms with Crippen molar-refractivity contribution in [3.05, 3.63) is 0 Å². The van der Waals surface area contributed by atoms with E-state index in [4.69, 9.17) is 15.3 Å². The van der Waals surface area contributed by atoms with Crippen LogP contribution >= 0.6 is 0 Å². The molecule has 0 heterocycles. The van der Waals surface area contributed by atoms with Crippen molar-refractivity contribution in [2.45, 2.75) is 103 Å². The molecule has 0 saturated carbocycles. The van der Waals surface area contributed by atoms with Gasteiger partial charge in [0.2, 0.25) is 0 Å². The van der Waals surface area contributed by atoms with Gasteiger partial charge in [0.1, 0.15) is 6.04 Å². The topological polar surface area (TPSA) is 72.5 Å². The average Bonchev–Trinajstić information content (AvgIpc) is 2.57. The third-order valence-corrected chi connectivity index (χ3v) is 9.75. The Hall–Kier alpha value is -0.393. The maximum Gasteiger partial charge on any atom is 0.320 e. The van der Waals surface area contributed by atoms with Crippen molar-refractivity contribution in [3.63, 3.8) is 0 Å². The molecule has 0 spiro atoms. The SMILES string of the molecule is CCCCC(CCCC)[Si](C)(CCCC)OC[C@@H](C)[C@H](N)C(=O)O. The Morgan fingerprint density at radius 1 is 1.08 bits per heavy atom. The van der Waals surface area contributed by atoms with Gasteiger partial charge >= 0.3 is 5.97 Å². The van der Waals surface area contributed by atoms with Crippen LogP contribution in [0.3, 0.4) is 0 Å². The van der Waals surface area contributed by atoms with Gasteiger partial charge in [-0.2, -0.15) is 0 Å². The minimum atomic E-state index is -1.87. The summed E-state index contributed by atoms with van der Waals surface area (Å²) in [4.78, 5) is 11.1. The van der Waals surface area contributed by atoms with Gasteiger partial charge in [0.15, 0.2) is 8.32 Å². The number of hydrogen-bond donors (Lipinski definition) is 2. The van der Waals surface area contributed by atoms with E-state index in [0.29, 0.717) is 12.1 Å². The minimum Gasteiger partial charge on any atom is -0.480 e. The number of carbonyl (C=O) groups is 1. The monoisotopic (exact) mass is 359 g/mol. The molecule has 4 nitrogen and oxygen atoms in total. The second-order valence-electron chi connectivity index (χ2n) is 7.55. The summed E-state index contributed by atoms with van der Waals surface area (Å²) in [5, 5.41) is 9.10. The quantitative estimate of drug-likeness (QED) is 0.395. The molecule has 0 aromatic carbocycles. The molecular weight excluding hydrogens is 318 g/mol. The number of unbranched alkanes of at least 4 members (excludes halogenated alkanes) is 3. The van der Waals surface area contributed by atoms with Gasteiger partial charge < -0.3 is 15.3 Å². The standard InChI is InChI=1S/C19H41NO3Si/c1-6-9-12-17(13-10-7-2)24(5,14-11-8-3)23-15-16(4)18(20)19(21)22/h16-18H,6-15,20H2,1-5H3,(H,21,22)/t16-,18+,24?/m1/s1. The zero-order valence-corrected chi connectivity index (χ0v) is 17.6. The van der Waals surface area contributed by atoms with Gasteiger partial charge in [-0.3, -0.25) is 4.79 Å². The molecule has 0 aromatic rings. The van der Waals surface area contributed by atoms with Gasteiger partial charge in [-0.15, -0.1) is 0 Å². The number of hydrogen-bond acceptors (Lipinski definition) is 3. The fourth-order valence-electron chi connectivity index (χ4n) is 3.25. The summed E-state index contributed by atoms with van der Waals surface area (Å²) in [5.74, 6) is -1.08. The Morgan fingerprint density at radius 2 is 1.58 bits per heavy atom. The summed E-state index contributed by atoms with van der Waals surface area (Å²) >= 11 is 0. The van der Waals surface area contributed by atoms with E-state index in [9.17, 15) is 4.79 Å². The largest absolute Gasteiger partial charge is 0.480 e. The van der Waals surface area contributed by atoms with Gasteiger partial charge in [-0.25, -0.2) is 0 Å². The first-order chi connectivity index (χ1) is 11.3. The van der Waals surface area contributed by atoms with E-state index in [2.05, 4.69) is 27.3 Å². The molecule has 0 amide bonds. The number of nitrogens with two attached hydrogens (primary N) is 1. The van der Waals surface area contributed by atoms with Crippen LogP contribution in [0.4, 0.5) is 0 Å². The summed E-state index contributed by atoms with van der Waals surface area (Å²) < 4.78 is 6.52. The van der Waals surface area contributed by atoms with Gasteiger partial charge in [0.05, 0.1) is 0 Å². The first kappa shape index (κ1) is 23.6. The molecule has 0 saturated heterocycles. The van der Waals surface area contributed by atoms with Crippen LogP contribution in [0.1, 0.15) is 79.1 Å². The second-order valence-corrected chi connectivity index (χ2v) is 11.8. The highest BCUT2D eigenvalue weighted by molar-refractivity contribution is 6.74. The lowest BCUT2D eigenvalue weighted by Gasteiger charge is -2.37. The third-order valence-electron chi connectivity index (χ3n) is 5.28. The zero-order chi connectivity index (χ0) is 18.6. The predicted molar refractivity (Wildman–Crippen MR) is 105 cm³/mol. The normalized spacial score (nSPS) is 16.8. The van der Waals surface area contributed by atoms with Crippen molar-refractivity contribution in [2.24, 2.45) is 11.7 Å². The number of carboxylic acids is 1. The van der Waals surface area contributed by atoms with Crippen LogP contribution < -0.4 is 5.73 Å². The van der Waals surface area contributed by atoms with Crippen LogP contribution in [-0.2, 0) is 9.22 Å². The van der Waals surface area contributed by atoms with Crippen molar-refractivity contribution in [3.8, 4) is 0 Å². The fraction of sp³-hybridized carbons (Fsp3) is 0.947. The molecule has 0 aliphatic carbocycles. The number of rotatable bonds is 15. The van der Waals surface area contributed by atoms with Gasteiger partial charge in [0, 0.05) is 12.5 Å². The first-order valence-electron chi connectivity index (χ1n) is 9.94. The van der Waals surface area contributed by atoms with E-state index < -0.39 is 20.3 Å². The van der Waals surface area contributed by atoms with Crippen LogP contribution in [0.25, 0.3) is 0 Å². The van der Waals surface area contributed by atoms with E-state index in [1.165, 1.54) is 57.4 Å². The van der Waals surface area contributed by atoms with Crippen molar-refractivity contribution in [1.29, 1.82) is 0 Å². The molecule has 1 unspecified atom stereocenters. The second kappa shape index (κ2) is 12.9. The molecule has 0 aliphatic heterocycles. The van der Waals surface area contributed by atoms with Crippen LogP contribution in [0, 0.1) is 5.92 Å². The molecule has 0 fully saturated rings. The lowest BCUT2D eigenvalue weighted by molar-refractivity contribution is -0.140. The summed E-state index contributed by atoms with van der Waals surface area (Å²) in [6.07, 6.45) is 9.86. The molecule has 3 N–H and O–H groups in total. The summed E-state index contributed by atoms with van der Waals surface area (Å²) in [7, 11) is -1.87. The van der Waals surface area contributed by atoms with Crippen LogP contribution in [0.5, 0.6) is 0 Å². The molecule has 3 atom stereocenters. The van der Waals surface area contributed by atoms with Gasteiger partial charge in [0.25, 0.3) is 0 Å². The Bertz CT molecular complexity index is 333. The summed E-state index contributed by atoms with van der Waals surface area (Å²) in [6, 6.07) is 0.343. The van der Waals surface area contributed by atoms with Crippen molar-refractivity contribution in [2.75, 3.05) is 6.61 Å². The van der Waals surface area contributed by atoms with E-state index in [-0.39, 0.29) is 5.92 Å². The first-order valence-corrected chi connectivity index (χ1v) is 12.6. The van der Waals surface area contributed by atoms with Crippen LogP contribution in [0.15, 0.2) is 0 Å². The van der Waals surface area contributed by atoms with Crippen LogP contribution in [-0.4, -0.2) is 32.0 Å². The fourth-order valence-corrected chi connectivity index (χ4v) is 7.36. The lowest BCUT2D eigenvalue weighted by Crippen LogP contribution is -2.45. The lowest BCUT2D eigenvalue weighted by atomic mass is 10.1. The third kappa shape index (κ3) is 8.63.